The number of benzene rings is 2. The molecule has 5 rings (SSSR count). The van der Waals surface area contributed by atoms with Gasteiger partial charge in [0.15, 0.2) is 0 Å². The number of amides is 2. The standard InChI is InChI=1S/C23H20N4O3/c1-15-8-10-16(11-9-15)24-21(28)13-20-22(29)26(14-17-5-4-12-30-17)23-25-18-6-2-3-7-19(18)27(20)23/h2-12,20H,13-14H2,1H3,(H,24,28)/t20-/m0/s1. The van der Waals surface area contributed by atoms with Crippen molar-refractivity contribution in [2.45, 2.75) is 25.9 Å². The number of hydrogen-bond acceptors (Lipinski definition) is 4. The zero-order chi connectivity index (χ0) is 20.7. The Kier molecular flexibility index (Phi) is 4.35. The number of fused-ring (bicyclic) bond motifs is 3. The van der Waals surface area contributed by atoms with Crippen LogP contribution < -0.4 is 10.2 Å². The molecule has 0 saturated carbocycles. The van der Waals surface area contributed by atoms with Gasteiger partial charge in [-0.1, -0.05) is 29.8 Å². The number of para-hydroxylation sites is 2. The number of aromatic nitrogens is 2. The molecule has 4 aromatic rings. The number of furan rings is 1. The van der Waals surface area contributed by atoms with Gasteiger partial charge in [-0.2, -0.15) is 0 Å². The lowest BCUT2D eigenvalue weighted by molar-refractivity contribution is -0.124. The third kappa shape index (κ3) is 3.14. The van der Waals surface area contributed by atoms with Gasteiger partial charge >= 0.3 is 0 Å². The highest BCUT2D eigenvalue weighted by Crippen LogP contribution is 2.37. The molecule has 7 heteroatoms. The smallest absolute Gasteiger partial charge is 0.253 e. The molecule has 2 aromatic heterocycles. The first kappa shape index (κ1) is 18.2. The van der Waals surface area contributed by atoms with Crippen LogP contribution in [0, 0.1) is 6.92 Å². The van der Waals surface area contributed by atoms with Crippen LogP contribution in [0.15, 0.2) is 71.3 Å². The van der Waals surface area contributed by atoms with Crippen molar-refractivity contribution >= 4 is 34.5 Å². The summed E-state index contributed by atoms with van der Waals surface area (Å²) in [5.41, 5.74) is 3.44. The highest BCUT2D eigenvalue weighted by Gasteiger charge is 2.41. The van der Waals surface area contributed by atoms with Crippen LogP contribution in [0.2, 0.25) is 0 Å². The van der Waals surface area contributed by atoms with Gasteiger partial charge in [0.1, 0.15) is 11.8 Å². The second-order valence-electron chi connectivity index (χ2n) is 7.41. The van der Waals surface area contributed by atoms with Crippen LogP contribution in [0.3, 0.4) is 0 Å². The molecule has 0 saturated heterocycles. The molecule has 0 unspecified atom stereocenters. The van der Waals surface area contributed by atoms with Gasteiger partial charge in [-0.05, 0) is 43.3 Å². The van der Waals surface area contributed by atoms with E-state index in [1.807, 2.05) is 66.1 Å². The number of imidazole rings is 1. The Morgan fingerprint density at radius 1 is 1.10 bits per heavy atom. The zero-order valence-electron chi connectivity index (χ0n) is 16.4. The van der Waals surface area contributed by atoms with Gasteiger partial charge in [0.25, 0.3) is 5.91 Å². The van der Waals surface area contributed by atoms with Crippen molar-refractivity contribution in [2.75, 3.05) is 10.2 Å². The van der Waals surface area contributed by atoms with E-state index in [1.54, 1.807) is 17.2 Å². The molecular formula is C23H20N4O3. The van der Waals surface area contributed by atoms with E-state index in [1.165, 1.54) is 0 Å². The van der Waals surface area contributed by atoms with E-state index < -0.39 is 6.04 Å². The minimum absolute atomic E-state index is 0.0225. The van der Waals surface area contributed by atoms with Crippen molar-refractivity contribution in [3.63, 3.8) is 0 Å². The first-order chi connectivity index (χ1) is 14.6. The molecule has 30 heavy (non-hydrogen) atoms. The summed E-state index contributed by atoms with van der Waals surface area (Å²) < 4.78 is 7.28. The highest BCUT2D eigenvalue weighted by molar-refractivity contribution is 6.05. The molecule has 0 fully saturated rings. The maximum absolute atomic E-state index is 13.3. The average Bonchev–Trinajstić information content (AvgIpc) is 3.44. The molecule has 0 bridgehead atoms. The highest BCUT2D eigenvalue weighted by atomic mass is 16.3. The normalized spacial score (nSPS) is 15.6. The first-order valence-corrected chi connectivity index (χ1v) is 9.77. The van der Waals surface area contributed by atoms with Gasteiger partial charge in [0.05, 0.1) is 30.3 Å². The third-order valence-electron chi connectivity index (χ3n) is 5.29. The minimum Gasteiger partial charge on any atom is -0.467 e. The molecule has 1 N–H and O–H groups in total. The topological polar surface area (TPSA) is 80.4 Å². The summed E-state index contributed by atoms with van der Waals surface area (Å²) in [5, 5.41) is 2.89. The summed E-state index contributed by atoms with van der Waals surface area (Å²) in [7, 11) is 0. The van der Waals surface area contributed by atoms with Crippen molar-refractivity contribution in [3.8, 4) is 0 Å². The SMILES string of the molecule is Cc1ccc(NC(=O)C[C@H]2C(=O)N(Cc3ccco3)c3nc4ccccc4n32)cc1. The average molecular weight is 400 g/mol. The van der Waals surface area contributed by atoms with Gasteiger partial charge in [0, 0.05) is 5.69 Å². The number of nitrogens with zero attached hydrogens (tertiary/aromatic N) is 3. The van der Waals surface area contributed by atoms with Gasteiger partial charge < -0.3 is 9.73 Å². The summed E-state index contributed by atoms with van der Waals surface area (Å²) >= 11 is 0. The lowest BCUT2D eigenvalue weighted by Crippen LogP contribution is -2.31. The number of carbonyl (C=O) groups is 2. The fourth-order valence-corrected chi connectivity index (χ4v) is 3.83. The van der Waals surface area contributed by atoms with Crippen molar-refractivity contribution in [2.24, 2.45) is 0 Å². The van der Waals surface area contributed by atoms with E-state index in [0.29, 0.717) is 17.4 Å². The Morgan fingerprint density at radius 2 is 1.90 bits per heavy atom. The van der Waals surface area contributed by atoms with Gasteiger partial charge in [-0.15, -0.1) is 0 Å². The van der Waals surface area contributed by atoms with E-state index in [-0.39, 0.29) is 24.8 Å². The van der Waals surface area contributed by atoms with E-state index in [4.69, 9.17) is 4.42 Å². The lowest BCUT2D eigenvalue weighted by atomic mass is 10.1. The molecule has 0 radical (unpaired) electrons. The summed E-state index contributed by atoms with van der Waals surface area (Å²) in [6.07, 6.45) is 1.60. The van der Waals surface area contributed by atoms with Crippen LogP contribution in [0.4, 0.5) is 11.6 Å². The fourth-order valence-electron chi connectivity index (χ4n) is 3.83. The molecule has 0 spiro atoms. The van der Waals surface area contributed by atoms with Crippen LogP contribution in [0.5, 0.6) is 0 Å². The van der Waals surface area contributed by atoms with Crippen LogP contribution in [0.25, 0.3) is 11.0 Å². The van der Waals surface area contributed by atoms with E-state index >= 15 is 0 Å². The van der Waals surface area contributed by atoms with E-state index in [2.05, 4.69) is 10.3 Å². The van der Waals surface area contributed by atoms with Crippen LogP contribution in [-0.2, 0) is 16.1 Å². The molecule has 2 amide bonds. The summed E-state index contributed by atoms with van der Waals surface area (Å²) in [4.78, 5) is 32.3. The summed E-state index contributed by atoms with van der Waals surface area (Å²) in [6, 6.07) is 18.1. The number of carbonyl (C=O) groups excluding carboxylic acids is 2. The molecular weight excluding hydrogens is 380 g/mol. The quantitative estimate of drug-likeness (QED) is 0.548. The number of anilines is 2. The predicted molar refractivity (Wildman–Crippen MR) is 113 cm³/mol. The van der Waals surface area contributed by atoms with Crippen molar-refractivity contribution in [1.82, 2.24) is 9.55 Å². The Balaban J connectivity index is 1.46. The summed E-state index contributed by atoms with van der Waals surface area (Å²) in [5.74, 6) is 0.803. The second kappa shape index (κ2) is 7.18. The number of aryl methyl sites for hydroxylation is 1. The third-order valence-corrected chi connectivity index (χ3v) is 5.29. The minimum atomic E-state index is -0.659. The van der Waals surface area contributed by atoms with Crippen LogP contribution >= 0.6 is 0 Å². The maximum Gasteiger partial charge on any atom is 0.253 e. The second-order valence-corrected chi connectivity index (χ2v) is 7.41. The number of nitrogens with one attached hydrogen (secondary N) is 1. The van der Waals surface area contributed by atoms with Gasteiger partial charge in [-0.25, -0.2) is 4.98 Å². The van der Waals surface area contributed by atoms with Gasteiger partial charge in [0.2, 0.25) is 11.9 Å². The molecule has 150 valence electrons. The number of rotatable bonds is 5. The largest absolute Gasteiger partial charge is 0.467 e. The van der Waals surface area contributed by atoms with Crippen LogP contribution in [-0.4, -0.2) is 21.4 Å². The Morgan fingerprint density at radius 3 is 2.67 bits per heavy atom. The van der Waals surface area contributed by atoms with E-state index in [9.17, 15) is 9.59 Å². The van der Waals surface area contributed by atoms with Crippen LogP contribution in [0.1, 0.15) is 23.8 Å². The van der Waals surface area contributed by atoms with Crippen molar-refractivity contribution in [1.29, 1.82) is 0 Å². The molecule has 1 aliphatic heterocycles. The molecule has 7 nitrogen and oxygen atoms in total. The Bertz CT molecular complexity index is 1230. The summed E-state index contributed by atoms with van der Waals surface area (Å²) in [6.45, 7) is 2.26. The molecule has 0 aliphatic carbocycles. The first-order valence-electron chi connectivity index (χ1n) is 9.77. The Labute approximate surface area is 172 Å². The van der Waals surface area contributed by atoms with Crippen molar-refractivity contribution < 1.29 is 14.0 Å². The predicted octanol–water partition coefficient (Wildman–Crippen LogP) is 4.05. The molecule has 3 heterocycles. The fraction of sp³-hybridized carbons (Fsp3) is 0.174. The van der Waals surface area contributed by atoms with E-state index in [0.717, 1.165) is 16.6 Å². The molecule has 2 aromatic carbocycles. The lowest BCUT2D eigenvalue weighted by Gasteiger charge is -2.15. The monoisotopic (exact) mass is 400 g/mol. The Hall–Kier alpha value is -3.87. The van der Waals surface area contributed by atoms with Crippen molar-refractivity contribution in [3.05, 3.63) is 78.3 Å². The number of hydrogen-bond donors (Lipinski definition) is 1. The van der Waals surface area contributed by atoms with Gasteiger partial charge in [-0.3, -0.25) is 19.1 Å². The zero-order valence-corrected chi connectivity index (χ0v) is 16.4. The molecule has 1 atom stereocenters. The molecule has 1 aliphatic rings. The maximum atomic E-state index is 13.3.